The number of piperidine rings is 1. The van der Waals surface area contributed by atoms with Crippen molar-refractivity contribution in [2.24, 2.45) is 0 Å². The van der Waals surface area contributed by atoms with Crippen LogP contribution in [0.2, 0.25) is 0 Å². The second-order valence-electron chi connectivity index (χ2n) is 8.64. The van der Waals surface area contributed by atoms with Crippen molar-refractivity contribution in [1.82, 2.24) is 18.9 Å². The summed E-state index contributed by atoms with van der Waals surface area (Å²) in [6, 6.07) is 9.90. The molecule has 1 saturated heterocycles. The Labute approximate surface area is 183 Å². The molecule has 0 atom stereocenters. The van der Waals surface area contributed by atoms with Crippen molar-refractivity contribution in [2.75, 3.05) is 18.4 Å². The van der Waals surface area contributed by atoms with Gasteiger partial charge in [0.15, 0.2) is 5.82 Å². The summed E-state index contributed by atoms with van der Waals surface area (Å²) >= 11 is 0. The number of nitrogens with one attached hydrogen (secondary N) is 1. The van der Waals surface area contributed by atoms with E-state index in [4.69, 9.17) is 5.10 Å². The van der Waals surface area contributed by atoms with Crippen LogP contribution in [-0.4, -0.2) is 40.4 Å². The SMILES string of the molecule is O=S(=O)(Cc1ccccc1CNc1nccn2nc(C3CCC3)cc12)N1CCCCC1. The lowest BCUT2D eigenvalue weighted by Gasteiger charge is -2.26. The van der Waals surface area contributed by atoms with E-state index in [1.54, 1.807) is 10.5 Å². The van der Waals surface area contributed by atoms with Crippen LogP contribution in [0.25, 0.3) is 5.52 Å². The number of nitrogens with zero attached hydrogens (tertiary/aromatic N) is 4. The monoisotopic (exact) mass is 439 g/mol. The number of benzene rings is 1. The van der Waals surface area contributed by atoms with Crippen molar-refractivity contribution in [2.45, 2.75) is 56.7 Å². The molecule has 8 heteroatoms. The number of fused-ring (bicyclic) bond motifs is 1. The van der Waals surface area contributed by atoms with Gasteiger partial charge in [-0.1, -0.05) is 37.1 Å². The maximum absolute atomic E-state index is 12.9. The van der Waals surface area contributed by atoms with Crippen LogP contribution in [0, 0.1) is 0 Å². The highest BCUT2D eigenvalue weighted by molar-refractivity contribution is 7.88. The average molecular weight is 440 g/mol. The molecule has 2 aliphatic rings. The first kappa shape index (κ1) is 20.5. The van der Waals surface area contributed by atoms with Gasteiger partial charge in [0.2, 0.25) is 10.0 Å². The predicted octanol–water partition coefficient (Wildman–Crippen LogP) is 3.92. The van der Waals surface area contributed by atoms with Gasteiger partial charge >= 0.3 is 0 Å². The molecule has 0 amide bonds. The number of hydrogen-bond acceptors (Lipinski definition) is 5. The summed E-state index contributed by atoms with van der Waals surface area (Å²) in [5.41, 5.74) is 3.92. The molecule has 7 nitrogen and oxygen atoms in total. The molecule has 3 aromatic rings. The molecule has 1 aliphatic heterocycles. The average Bonchev–Trinajstić information content (AvgIpc) is 3.16. The molecule has 2 aromatic heterocycles. The Morgan fingerprint density at radius 3 is 2.55 bits per heavy atom. The van der Waals surface area contributed by atoms with E-state index >= 15 is 0 Å². The van der Waals surface area contributed by atoms with Crippen molar-refractivity contribution >= 4 is 21.4 Å². The zero-order valence-corrected chi connectivity index (χ0v) is 18.5. The largest absolute Gasteiger partial charge is 0.364 e. The Hall–Kier alpha value is -2.45. The lowest BCUT2D eigenvalue weighted by Crippen LogP contribution is -2.36. The van der Waals surface area contributed by atoms with E-state index in [2.05, 4.69) is 16.4 Å². The second-order valence-corrected chi connectivity index (χ2v) is 10.6. The van der Waals surface area contributed by atoms with Crippen LogP contribution in [0.15, 0.2) is 42.7 Å². The van der Waals surface area contributed by atoms with Crippen molar-refractivity contribution in [3.05, 3.63) is 59.5 Å². The highest BCUT2D eigenvalue weighted by Crippen LogP contribution is 2.36. The zero-order chi connectivity index (χ0) is 21.3. The predicted molar refractivity (Wildman–Crippen MR) is 121 cm³/mol. The molecule has 31 heavy (non-hydrogen) atoms. The smallest absolute Gasteiger partial charge is 0.218 e. The molecule has 2 fully saturated rings. The van der Waals surface area contributed by atoms with Crippen molar-refractivity contribution in [3.63, 3.8) is 0 Å². The van der Waals surface area contributed by atoms with Crippen LogP contribution in [-0.2, 0) is 22.3 Å². The minimum atomic E-state index is -3.30. The van der Waals surface area contributed by atoms with Gasteiger partial charge in [-0.15, -0.1) is 0 Å². The van der Waals surface area contributed by atoms with Gasteiger partial charge in [-0.3, -0.25) is 0 Å². The first-order valence-corrected chi connectivity index (χ1v) is 12.8. The van der Waals surface area contributed by atoms with E-state index in [0.29, 0.717) is 25.6 Å². The third-order valence-electron chi connectivity index (χ3n) is 6.54. The van der Waals surface area contributed by atoms with Crippen LogP contribution >= 0.6 is 0 Å². The quantitative estimate of drug-likeness (QED) is 0.603. The second kappa shape index (κ2) is 8.59. The highest BCUT2D eigenvalue weighted by atomic mass is 32.2. The number of hydrogen-bond donors (Lipinski definition) is 1. The van der Waals surface area contributed by atoms with Crippen LogP contribution in [0.4, 0.5) is 5.82 Å². The molecule has 1 aliphatic carbocycles. The number of aromatic nitrogens is 3. The summed E-state index contributed by atoms with van der Waals surface area (Å²) in [5, 5.41) is 8.14. The van der Waals surface area contributed by atoms with E-state index in [1.807, 2.05) is 35.0 Å². The maximum Gasteiger partial charge on any atom is 0.218 e. The van der Waals surface area contributed by atoms with Gasteiger partial charge < -0.3 is 5.32 Å². The van der Waals surface area contributed by atoms with Gasteiger partial charge in [0, 0.05) is 37.9 Å². The summed E-state index contributed by atoms with van der Waals surface area (Å²) in [6.45, 7) is 1.79. The van der Waals surface area contributed by atoms with E-state index in [-0.39, 0.29) is 5.75 Å². The fourth-order valence-electron chi connectivity index (χ4n) is 4.46. The topological polar surface area (TPSA) is 79.6 Å². The fourth-order valence-corrected chi connectivity index (χ4v) is 6.13. The van der Waals surface area contributed by atoms with Crippen LogP contribution in [0.5, 0.6) is 0 Å². The fraction of sp³-hybridized carbons (Fsp3) is 0.478. The third-order valence-corrected chi connectivity index (χ3v) is 8.37. The Kier molecular flexibility index (Phi) is 5.67. The first-order valence-electron chi connectivity index (χ1n) is 11.2. The summed E-state index contributed by atoms with van der Waals surface area (Å²) in [7, 11) is -3.30. The summed E-state index contributed by atoms with van der Waals surface area (Å²) in [4.78, 5) is 4.52. The van der Waals surface area contributed by atoms with Crippen molar-refractivity contribution < 1.29 is 8.42 Å². The summed E-state index contributed by atoms with van der Waals surface area (Å²) < 4.78 is 29.4. The molecule has 164 valence electrons. The van der Waals surface area contributed by atoms with Gasteiger partial charge in [-0.2, -0.15) is 5.10 Å². The van der Waals surface area contributed by atoms with Gasteiger partial charge in [-0.05, 0) is 42.9 Å². The lowest BCUT2D eigenvalue weighted by molar-refractivity contribution is 0.346. The van der Waals surface area contributed by atoms with Crippen LogP contribution in [0.1, 0.15) is 61.3 Å². The van der Waals surface area contributed by atoms with Gasteiger partial charge in [0.1, 0.15) is 5.52 Å². The molecule has 0 bridgehead atoms. The van der Waals surface area contributed by atoms with Crippen LogP contribution in [0.3, 0.4) is 0 Å². The molecule has 0 unspecified atom stereocenters. The summed E-state index contributed by atoms with van der Waals surface area (Å²) in [5.74, 6) is 1.38. The highest BCUT2D eigenvalue weighted by Gasteiger charge is 2.25. The molecule has 0 spiro atoms. The van der Waals surface area contributed by atoms with E-state index in [1.165, 1.54) is 19.3 Å². The molecule has 3 heterocycles. The Balaban J connectivity index is 1.34. The van der Waals surface area contributed by atoms with Gasteiger partial charge in [-0.25, -0.2) is 22.2 Å². The minimum absolute atomic E-state index is 0.0427. The van der Waals surface area contributed by atoms with E-state index in [9.17, 15) is 8.42 Å². The first-order chi connectivity index (χ1) is 15.1. The molecule has 1 saturated carbocycles. The Morgan fingerprint density at radius 2 is 1.81 bits per heavy atom. The normalized spacial score (nSPS) is 18.2. The number of anilines is 1. The lowest BCUT2D eigenvalue weighted by atomic mass is 9.83. The van der Waals surface area contributed by atoms with Crippen molar-refractivity contribution in [3.8, 4) is 0 Å². The van der Waals surface area contributed by atoms with E-state index < -0.39 is 10.0 Å². The van der Waals surface area contributed by atoms with Gasteiger partial charge in [0.25, 0.3) is 0 Å². The zero-order valence-electron chi connectivity index (χ0n) is 17.7. The Bertz CT molecular complexity index is 1160. The molecule has 1 N–H and O–H groups in total. The minimum Gasteiger partial charge on any atom is -0.364 e. The van der Waals surface area contributed by atoms with Gasteiger partial charge in [0.05, 0.1) is 11.4 Å². The maximum atomic E-state index is 12.9. The van der Waals surface area contributed by atoms with E-state index in [0.717, 1.165) is 47.4 Å². The molecule has 5 rings (SSSR count). The van der Waals surface area contributed by atoms with Crippen molar-refractivity contribution in [1.29, 1.82) is 0 Å². The Morgan fingerprint density at radius 1 is 1.03 bits per heavy atom. The molecular weight excluding hydrogens is 410 g/mol. The molecule has 1 aromatic carbocycles. The standard InChI is InChI=1S/C23H29N5O2S/c29-31(30,27-12-4-1-5-13-27)17-20-8-3-2-7-19(20)16-25-23-22-15-21(18-9-6-10-18)26-28(22)14-11-24-23/h2-3,7-8,11,14-15,18H,1,4-6,9-10,12-13,16-17H2,(H,24,25). The number of sulfonamides is 1. The molecule has 0 radical (unpaired) electrons. The number of rotatable bonds is 7. The third kappa shape index (κ3) is 4.32. The molecular formula is C23H29N5O2S. The van der Waals surface area contributed by atoms with Crippen LogP contribution < -0.4 is 5.32 Å². The summed E-state index contributed by atoms with van der Waals surface area (Å²) in [6.07, 6.45) is 10.3.